The summed E-state index contributed by atoms with van der Waals surface area (Å²) in [6.07, 6.45) is 4.14. The van der Waals surface area contributed by atoms with Gasteiger partial charge in [-0.3, -0.25) is 0 Å². The van der Waals surface area contributed by atoms with E-state index >= 15 is 0 Å². The minimum Gasteiger partial charge on any atom is -0.387 e. The Morgan fingerprint density at radius 3 is 2.23 bits per heavy atom. The monoisotopic (exact) mass is 297 g/mol. The maximum Gasteiger partial charge on any atom is 0.0914 e. The third-order valence-electron chi connectivity index (χ3n) is 4.02. The molecule has 0 heterocycles. The van der Waals surface area contributed by atoms with E-state index in [0.717, 1.165) is 18.4 Å². The first-order valence-corrected chi connectivity index (χ1v) is 8.30. The molecule has 0 saturated heterocycles. The second kappa shape index (κ2) is 9.39. The van der Waals surface area contributed by atoms with Crippen LogP contribution >= 0.6 is 0 Å². The number of unbranched alkanes of at least 4 members (excludes halogenated alkanes) is 1. The molecule has 0 bridgehead atoms. The van der Waals surface area contributed by atoms with Crippen molar-refractivity contribution in [1.82, 2.24) is 5.32 Å². The molecule has 2 rings (SSSR count). The van der Waals surface area contributed by atoms with Gasteiger partial charge in [-0.2, -0.15) is 0 Å². The van der Waals surface area contributed by atoms with E-state index in [4.69, 9.17) is 0 Å². The molecule has 0 radical (unpaired) electrons. The summed E-state index contributed by atoms with van der Waals surface area (Å²) < 4.78 is 0. The van der Waals surface area contributed by atoms with Crippen LogP contribution < -0.4 is 5.32 Å². The molecule has 2 aromatic rings. The zero-order valence-corrected chi connectivity index (χ0v) is 13.4. The van der Waals surface area contributed by atoms with Gasteiger partial charge in [-0.05, 0) is 24.0 Å². The first-order chi connectivity index (χ1) is 10.8. The zero-order valence-electron chi connectivity index (χ0n) is 13.4. The van der Waals surface area contributed by atoms with Gasteiger partial charge in [0.2, 0.25) is 0 Å². The zero-order chi connectivity index (χ0) is 15.6. The van der Waals surface area contributed by atoms with Crippen molar-refractivity contribution in [1.29, 1.82) is 0 Å². The molecule has 0 saturated carbocycles. The molecule has 0 aliphatic heterocycles. The third kappa shape index (κ3) is 5.63. The van der Waals surface area contributed by atoms with Crippen LogP contribution in [-0.2, 0) is 6.42 Å². The quantitative estimate of drug-likeness (QED) is 0.730. The smallest absolute Gasteiger partial charge is 0.0914 e. The number of aliphatic hydroxyl groups excluding tert-OH is 1. The summed E-state index contributed by atoms with van der Waals surface area (Å²) in [6.45, 7) is 2.82. The number of hydrogen-bond donors (Lipinski definition) is 2. The van der Waals surface area contributed by atoms with Gasteiger partial charge in [0.15, 0.2) is 0 Å². The molecule has 0 spiro atoms. The molecule has 0 aliphatic rings. The highest BCUT2D eigenvalue weighted by molar-refractivity contribution is 5.18. The molecule has 0 aliphatic carbocycles. The average Bonchev–Trinajstić information content (AvgIpc) is 2.58. The van der Waals surface area contributed by atoms with Crippen LogP contribution in [0.2, 0.25) is 0 Å². The van der Waals surface area contributed by atoms with Crippen LogP contribution in [0.15, 0.2) is 60.7 Å². The molecule has 2 N–H and O–H groups in total. The number of rotatable bonds is 9. The molecule has 2 nitrogen and oxygen atoms in total. The van der Waals surface area contributed by atoms with Crippen molar-refractivity contribution in [2.45, 2.75) is 44.8 Å². The van der Waals surface area contributed by atoms with E-state index in [1.54, 1.807) is 0 Å². The Labute approximate surface area is 134 Å². The van der Waals surface area contributed by atoms with Crippen molar-refractivity contribution in [3.05, 3.63) is 71.8 Å². The highest BCUT2D eigenvalue weighted by Crippen LogP contribution is 2.13. The predicted molar refractivity (Wildman–Crippen MR) is 92.9 cm³/mol. The van der Waals surface area contributed by atoms with Crippen LogP contribution in [0.3, 0.4) is 0 Å². The Balaban J connectivity index is 1.89. The molecule has 0 fully saturated rings. The summed E-state index contributed by atoms with van der Waals surface area (Å²) in [5.41, 5.74) is 2.33. The number of aliphatic hydroxyl groups is 1. The topological polar surface area (TPSA) is 32.3 Å². The van der Waals surface area contributed by atoms with Crippen LogP contribution in [0.25, 0.3) is 0 Å². The van der Waals surface area contributed by atoms with Crippen LogP contribution in [0.1, 0.15) is 43.4 Å². The van der Waals surface area contributed by atoms with Gasteiger partial charge in [0.1, 0.15) is 0 Å². The SMILES string of the molecule is CCCCC(Cc1ccccc1)NC[C@H](O)c1ccccc1. The van der Waals surface area contributed by atoms with E-state index in [9.17, 15) is 5.11 Å². The van der Waals surface area contributed by atoms with Crippen LogP contribution in [0.5, 0.6) is 0 Å². The van der Waals surface area contributed by atoms with E-state index in [1.807, 2.05) is 30.3 Å². The second-order valence-corrected chi connectivity index (χ2v) is 5.86. The molecule has 0 aromatic heterocycles. The fourth-order valence-corrected chi connectivity index (χ4v) is 2.70. The molecular formula is C20H27NO. The Bertz CT molecular complexity index is 512. The fraction of sp³-hybridized carbons (Fsp3) is 0.400. The van der Waals surface area contributed by atoms with Crippen molar-refractivity contribution in [2.24, 2.45) is 0 Å². The van der Waals surface area contributed by atoms with E-state index < -0.39 is 6.10 Å². The Hall–Kier alpha value is -1.64. The highest BCUT2D eigenvalue weighted by atomic mass is 16.3. The third-order valence-corrected chi connectivity index (χ3v) is 4.02. The molecule has 2 atom stereocenters. The Morgan fingerprint density at radius 2 is 1.59 bits per heavy atom. The Morgan fingerprint density at radius 1 is 0.955 bits per heavy atom. The van der Waals surface area contributed by atoms with Gasteiger partial charge in [0.25, 0.3) is 0 Å². The number of hydrogen-bond acceptors (Lipinski definition) is 2. The summed E-state index contributed by atoms with van der Waals surface area (Å²) in [6, 6.07) is 20.9. The van der Waals surface area contributed by atoms with Gasteiger partial charge >= 0.3 is 0 Å². The molecule has 22 heavy (non-hydrogen) atoms. The van der Waals surface area contributed by atoms with Gasteiger partial charge in [-0.15, -0.1) is 0 Å². The van der Waals surface area contributed by atoms with E-state index in [2.05, 4.69) is 42.6 Å². The highest BCUT2D eigenvalue weighted by Gasteiger charge is 2.12. The summed E-state index contributed by atoms with van der Waals surface area (Å²) >= 11 is 0. The number of nitrogens with one attached hydrogen (secondary N) is 1. The summed E-state index contributed by atoms with van der Waals surface area (Å²) in [7, 11) is 0. The van der Waals surface area contributed by atoms with E-state index in [-0.39, 0.29) is 0 Å². The number of benzene rings is 2. The van der Waals surface area contributed by atoms with Gasteiger partial charge < -0.3 is 10.4 Å². The molecule has 0 amide bonds. The van der Waals surface area contributed by atoms with Gasteiger partial charge in [0, 0.05) is 12.6 Å². The van der Waals surface area contributed by atoms with Crippen LogP contribution in [0.4, 0.5) is 0 Å². The van der Waals surface area contributed by atoms with Crippen molar-refractivity contribution in [3.8, 4) is 0 Å². The lowest BCUT2D eigenvalue weighted by Crippen LogP contribution is -2.34. The van der Waals surface area contributed by atoms with E-state index in [1.165, 1.54) is 18.4 Å². The fourth-order valence-electron chi connectivity index (χ4n) is 2.70. The van der Waals surface area contributed by atoms with Gasteiger partial charge in [-0.25, -0.2) is 0 Å². The minimum atomic E-state index is -0.443. The standard InChI is InChI=1S/C20H27NO/c1-2-3-14-19(15-17-10-6-4-7-11-17)21-16-20(22)18-12-8-5-9-13-18/h4-13,19-22H,2-3,14-16H2,1H3/t19?,20-/m0/s1. The van der Waals surface area contributed by atoms with Crippen molar-refractivity contribution in [3.63, 3.8) is 0 Å². The first kappa shape index (κ1) is 16.7. The average molecular weight is 297 g/mol. The lowest BCUT2D eigenvalue weighted by atomic mass is 10.0. The normalized spacial score (nSPS) is 13.7. The van der Waals surface area contributed by atoms with E-state index in [0.29, 0.717) is 12.6 Å². The molecular weight excluding hydrogens is 270 g/mol. The van der Waals surface area contributed by atoms with Crippen LogP contribution in [-0.4, -0.2) is 17.7 Å². The van der Waals surface area contributed by atoms with Gasteiger partial charge in [-0.1, -0.05) is 80.4 Å². The maximum absolute atomic E-state index is 10.3. The van der Waals surface area contributed by atoms with Crippen LogP contribution in [0, 0.1) is 0 Å². The summed E-state index contributed by atoms with van der Waals surface area (Å²) in [5, 5.41) is 13.8. The van der Waals surface area contributed by atoms with Crippen molar-refractivity contribution in [2.75, 3.05) is 6.54 Å². The summed E-state index contributed by atoms with van der Waals surface area (Å²) in [5.74, 6) is 0. The maximum atomic E-state index is 10.3. The largest absolute Gasteiger partial charge is 0.387 e. The molecule has 2 aromatic carbocycles. The van der Waals surface area contributed by atoms with Gasteiger partial charge in [0.05, 0.1) is 6.10 Å². The first-order valence-electron chi connectivity index (χ1n) is 8.30. The summed E-state index contributed by atoms with van der Waals surface area (Å²) in [4.78, 5) is 0. The lowest BCUT2D eigenvalue weighted by Gasteiger charge is -2.21. The molecule has 118 valence electrons. The lowest BCUT2D eigenvalue weighted by molar-refractivity contribution is 0.168. The molecule has 2 heteroatoms. The predicted octanol–water partition coefficient (Wildman–Crippen LogP) is 4.11. The minimum absolute atomic E-state index is 0.417. The second-order valence-electron chi connectivity index (χ2n) is 5.86. The van der Waals surface area contributed by atoms with Crippen molar-refractivity contribution < 1.29 is 5.11 Å². The molecule has 1 unspecified atom stereocenters. The Kier molecular flexibility index (Phi) is 7.14. The van der Waals surface area contributed by atoms with Crippen molar-refractivity contribution >= 4 is 0 Å².